The van der Waals surface area contributed by atoms with Crippen LogP contribution in [0.2, 0.25) is 0 Å². The van der Waals surface area contributed by atoms with Crippen LogP contribution in [0, 0.1) is 6.92 Å². The Kier molecular flexibility index (Phi) is 6.08. The minimum atomic E-state index is -0.720. The van der Waals surface area contributed by atoms with E-state index in [2.05, 4.69) is 10.4 Å². The van der Waals surface area contributed by atoms with Crippen LogP contribution >= 0.6 is 0 Å². The first-order valence-electron chi connectivity index (χ1n) is 10.3. The number of benzene rings is 2. The zero-order valence-electron chi connectivity index (χ0n) is 17.3. The summed E-state index contributed by atoms with van der Waals surface area (Å²) >= 11 is 0. The van der Waals surface area contributed by atoms with Crippen molar-refractivity contribution in [2.45, 2.75) is 32.4 Å². The maximum atomic E-state index is 13.1. The van der Waals surface area contributed by atoms with Crippen molar-refractivity contribution in [3.63, 3.8) is 0 Å². The van der Waals surface area contributed by atoms with Gasteiger partial charge in [0, 0.05) is 13.2 Å². The van der Waals surface area contributed by atoms with E-state index < -0.39 is 17.2 Å². The first kappa shape index (κ1) is 20.7. The number of hydrogen-bond donors (Lipinski definition) is 1. The minimum absolute atomic E-state index is 0.0406. The quantitative estimate of drug-likeness (QED) is 0.654. The molecule has 1 atom stereocenters. The van der Waals surface area contributed by atoms with Crippen LogP contribution in [-0.4, -0.2) is 39.5 Å². The number of carbonyl (C=O) groups excluding carboxylic acids is 1. The number of carbonyl (C=O) groups is 1. The van der Waals surface area contributed by atoms with E-state index in [1.165, 1.54) is 0 Å². The molecule has 1 aromatic heterocycles. The monoisotopic (exact) mass is 420 g/mol. The molecule has 8 nitrogen and oxygen atoms in total. The molecule has 0 spiro atoms. The van der Waals surface area contributed by atoms with Crippen molar-refractivity contribution in [2.75, 3.05) is 13.2 Å². The molecule has 2 aromatic carbocycles. The van der Waals surface area contributed by atoms with Gasteiger partial charge in [-0.3, -0.25) is 14.2 Å². The highest BCUT2D eigenvalue weighted by atomic mass is 16.5. The molecule has 0 aliphatic carbocycles. The fourth-order valence-electron chi connectivity index (χ4n) is 3.51. The summed E-state index contributed by atoms with van der Waals surface area (Å²) in [5.41, 5.74) is 0.619. The average Bonchev–Trinajstić information content (AvgIpc) is 3.30. The highest BCUT2D eigenvalue weighted by molar-refractivity contribution is 5.91. The molecule has 0 unspecified atom stereocenters. The number of aromatic nitrogens is 3. The summed E-state index contributed by atoms with van der Waals surface area (Å²) in [5, 5.41) is 6.86. The van der Waals surface area contributed by atoms with Gasteiger partial charge in [-0.25, -0.2) is 4.79 Å². The first-order valence-corrected chi connectivity index (χ1v) is 10.3. The van der Waals surface area contributed by atoms with E-state index in [-0.39, 0.29) is 18.3 Å². The molecule has 31 heavy (non-hydrogen) atoms. The van der Waals surface area contributed by atoms with Crippen molar-refractivity contribution >= 4 is 5.91 Å². The van der Waals surface area contributed by atoms with Gasteiger partial charge in [0.2, 0.25) is 5.69 Å². The lowest BCUT2D eigenvalue weighted by Gasteiger charge is -2.14. The summed E-state index contributed by atoms with van der Waals surface area (Å²) in [7, 11) is 0. The van der Waals surface area contributed by atoms with Crippen LogP contribution in [0.3, 0.4) is 0 Å². The van der Waals surface area contributed by atoms with Crippen LogP contribution in [0.5, 0.6) is 0 Å². The Labute approximate surface area is 179 Å². The molecule has 1 N–H and O–H groups in total. The van der Waals surface area contributed by atoms with Gasteiger partial charge in [-0.05, 0) is 37.5 Å². The van der Waals surface area contributed by atoms with E-state index >= 15 is 0 Å². The Morgan fingerprint density at radius 1 is 1.13 bits per heavy atom. The van der Waals surface area contributed by atoms with Gasteiger partial charge in [-0.1, -0.05) is 48.0 Å². The van der Waals surface area contributed by atoms with Gasteiger partial charge in [0.25, 0.3) is 11.5 Å². The van der Waals surface area contributed by atoms with E-state index in [1.807, 2.05) is 49.4 Å². The highest BCUT2D eigenvalue weighted by Crippen LogP contribution is 2.11. The molecule has 4 rings (SSSR count). The summed E-state index contributed by atoms with van der Waals surface area (Å²) in [4.78, 5) is 39.0. The van der Waals surface area contributed by atoms with Gasteiger partial charge in [0.05, 0.1) is 18.3 Å². The Bertz CT molecular complexity index is 1180. The van der Waals surface area contributed by atoms with Crippen molar-refractivity contribution in [3.8, 4) is 5.69 Å². The van der Waals surface area contributed by atoms with Gasteiger partial charge in [-0.2, -0.15) is 9.78 Å². The molecule has 0 bridgehead atoms. The number of nitrogens with zero attached hydrogens (tertiary/aromatic N) is 3. The van der Waals surface area contributed by atoms with Crippen LogP contribution in [0.4, 0.5) is 0 Å². The van der Waals surface area contributed by atoms with E-state index in [0.29, 0.717) is 18.8 Å². The smallest absolute Gasteiger partial charge is 0.352 e. The summed E-state index contributed by atoms with van der Waals surface area (Å²) in [6.45, 7) is 2.93. The lowest BCUT2D eigenvalue weighted by atomic mass is 10.2. The predicted octanol–water partition coefficient (Wildman–Crippen LogP) is 1.66. The van der Waals surface area contributed by atoms with E-state index in [1.54, 1.807) is 12.1 Å². The molecule has 1 fully saturated rings. The summed E-state index contributed by atoms with van der Waals surface area (Å²) in [6, 6.07) is 16.3. The van der Waals surface area contributed by atoms with Gasteiger partial charge in [-0.15, -0.1) is 0 Å². The Morgan fingerprint density at radius 2 is 1.87 bits per heavy atom. The molecule has 160 valence electrons. The van der Waals surface area contributed by atoms with E-state index in [4.69, 9.17) is 4.74 Å². The van der Waals surface area contributed by atoms with Crippen molar-refractivity contribution in [1.29, 1.82) is 0 Å². The molecule has 0 saturated carbocycles. The van der Waals surface area contributed by atoms with Crippen molar-refractivity contribution < 1.29 is 9.53 Å². The average molecular weight is 420 g/mol. The Hall–Kier alpha value is -3.52. The number of rotatable bonds is 6. The first-order chi connectivity index (χ1) is 15.0. The second-order valence-electron chi connectivity index (χ2n) is 7.60. The molecule has 1 saturated heterocycles. The fraction of sp³-hybridized carbons (Fsp3) is 0.304. The maximum Gasteiger partial charge on any atom is 0.352 e. The van der Waals surface area contributed by atoms with Crippen molar-refractivity contribution in [3.05, 3.63) is 92.3 Å². The SMILES string of the molecule is Cc1ccc(-n2nc(C(=O)NC[C@H]3CCCO3)c(=O)n(Cc3ccccc3)c2=O)cc1. The molecule has 1 aliphatic rings. The van der Waals surface area contributed by atoms with Crippen LogP contribution in [0.25, 0.3) is 5.69 Å². The van der Waals surface area contributed by atoms with Crippen LogP contribution in [0.15, 0.2) is 64.2 Å². The van der Waals surface area contributed by atoms with Gasteiger partial charge in [0.1, 0.15) is 0 Å². The van der Waals surface area contributed by atoms with Crippen molar-refractivity contribution in [1.82, 2.24) is 19.7 Å². The molecule has 1 aliphatic heterocycles. The number of amides is 1. The third kappa shape index (κ3) is 4.64. The largest absolute Gasteiger partial charge is 0.376 e. The normalized spacial score (nSPS) is 15.7. The molecular formula is C23H24N4O4. The predicted molar refractivity (Wildman–Crippen MR) is 116 cm³/mol. The number of aryl methyl sites for hydroxylation is 1. The maximum absolute atomic E-state index is 13.1. The molecular weight excluding hydrogens is 396 g/mol. The van der Waals surface area contributed by atoms with E-state index in [9.17, 15) is 14.4 Å². The van der Waals surface area contributed by atoms with Crippen LogP contribution in [0.1, 0.15) is 34.5 Å². The topological polar surface area (TPSA) is 95.2 Å². The molecule has 0 radical (unpaired) electrons. The van der Waals surface area contributed by atoms with Gasteiger partial charge >= 0.3 is 5.69 Å². The van der Waals surface area contributed by atoms with Gasteiger partial charge < -0.3 is 10.1 Å². The Balaban J connectivity index is 1.75. The molecule has 2 heterocycles. The lowest BCUT2D eigenvalue weighted by Crippen LogP contribution is -2.46. The number of ether oxygens (including phenoxy) is 1. The third-order valence-electron chi connectivity index (χ3n) is 5.25. The van der Waals surface area contributed by atoms with Crippen LogP contribution in [-0.2, 0) is 11.3 Å². The standard InChI is InChI=1S/C23H24N4O4/c1-16-9-11-18(12-10-16)27-23(30)26(15-17-6-3-2-4-7-17)22(29)20(25-27)21(28)24-14-19-8-5-13-31-19/h2-4,6-7,9-12,19H,5,8,13-15H2,1H3,(H,24,28)/t19-/m1/s1. The number of nitrogens with one attached hydrogen (secondary N) is 1. The zero-order chi connectivity index (χ0) is 21.8. The zero-order valence-corrected chi connectivity index (χ0v) is 17.3. The van der Waals surface area contributed by atoms with Gasteiger partial charge in [0.15, 0.2) is 0 Å². The molecule has 8 heteroatoms. The lowest BCUT2D eigenvalue weighted by molar-refractivity contribution is 0.0849. The minimum Gasteiger partial charge on any atom is -0.376 e. The highest BCUT2D eigenvalue weighted by Gasteiger charge is 2.22. The molecule has 3 aromatic rings. The summed E-state index contributed by atoms with van der Waals surface area (Å²) in [5.74, 6) is -0.622. The molecule has 1 amide bonds. The Morgan fingerprint density at radius 3 is 2.55 bits per heavy atom. The second kappa shape index (κ2) is 9.09. The fourth-order valence-corrected chi connectivity index (χ4v) is 3.51. The second-order valence-corrected chi connectivity index (χ2v) is 7.60. The summed E-state index contributed by atoms with van der Waals surface area (Å²) in [6.07, 6.45) is 1.73. The summed E-state index contributed by atoms with van der Waals surface area (Å²) < 4.78 is 7.67. The van der Waals surface area contributed by atoms with Crippen LogP contribution < -0.4 is 16.6 Å². The van der Waals surface area contributed by atoms with Crippen molar-refractivity contribution in [2.24, 2.45) is 0 Å². The number of hydrogen-bond acceptors (Lipinski definition) is 5. The third-order valence-corrected chi connectivity index (χ3v) is 5.25. The van der Waals surface area contributed by atoms with E-state index in [0.717, 1.165) is 33.2 Å².